The minimum Gasteiger partial charge on any atom is -0.352 e. The SMILES string of the molecule is CC(C(=O)NCC(=O)NC1CCCCC1)C(N)c1ccccc1. The Morgan fingerprint density at radius 2 is 1.83 bits per heavy atom. The van der Waals surface area contributed by atoms with Gasteiger partial charge in [-0.05, 0) is 18.4 Å². The second-order valence-electron chi connectivity index (χ2n) is 6.35. The highest BCUT2D eigenvalue weighted by Crippen LogP contribution is 2.19. The number of nitrogens with two attached hydrogens (primary N) is 1. The summed E-state index contributed by atoms with van der Waals surface area (Å²) in [5.74, 6) is -0.703. The van der Waals surface area contributed by atoms with Crippen LogP contribution in [0.5, 0.6) is 0 Å². The fraction of sp³-hybridized carbons (Fsp3) is 0.556. The monoisotopic (exact) mass is 317 g/mol. The van der Waals surface area contributed by atoms with Crippen molar-refractivity contribution in [2.75, 3.05) is 6.54 Å². The van der Waals surface area contributed by atoms with E-state index in [0.717, 1.165) is 18.4 Å². The predicted octanol–water partition coefficient (Wildman–Crippen LogP) is 1.89. The second-order valence-corrected chi connectivity index (χ2v) is 6.35. The number of carbonyl (C=O) groups excluding carboxylic acids is 2. The molecule has 0 bridgehead atoms. The van der Waals surface area contributed by atoms with E-state index >= 15 is 0 Å². The van der Waals surface area contributed by atoms with Gasteiger partial charge in [-0.1, -0.05) is 56.5 Å². The van der Waals surface area contributed by atoms with Crippen molar-refractivity contribution in [2.45, 2.75) is 51.1 Å². The third-order valence-corrected chi connectivity index (χ3v) is 4.53. The van der Waals surface area contributed by atoms with Gasteiger partial charge in [-0.15, -0.1) is 0 Å². The van der Waals surface area contributed by atoms with Crippen LogP contribution in [0.15, 0.2) is 30.3 Å². The van der Waals surface area contributed by atoms with E-state index in [2.05, 4.69) is 10.6 Å². The summed E-state index contributed by atoms with van der Waals surface area (Å²) < 4.78 is 0. The molecule has 1 saturated carbocycles. The van der Waals surface area contributed by atoms with Crippen LogP contribution >= 0.6 is 0 Å². The Kier molecular flexibility index (Phi) is 6.59. The maximum absolute atomic E-state index is 12.2. The molecule has 2 rings (SSSR count). The van der Waals surface area contributed by atoms with Gasteiger partial charge in [0.2, 0.25) is 11.8 Å². The molecular weight excluding hydrogens is 290 g/mol. The smallest absolute Gasteiger partial charge is 0.239 e. The molecule has 1 aliphatic carbocycles. The lowest BCUT2D eigenvalue weighted by Gasteiger charge is -2.23. The Balaban J connectivity index is 1.76. The first-order valence-corrected chi connectivity index (χ1v) is 8.45. The quantitative estimate of drug-likeness (QED) is 0.749. The van der Waals surface area contributed by atoms with Crippen molar-refractivity contribution in [3.8, 4) is 0 Å². The molecule has 1 aromatic carbocycles. The highest BCUT2D eigenvalue weighted by atomic mass is 16.2. The van der Waals surface area contributed by atoms with E-state index in [-0.39, 0.29) is 36.4 Å². The molecule has 5 heteroatoms. The Bertz CT molecular complexity index is 512. The first-order valence-electron chi connectivity index (χ1n) is 8.45. The summed E-state index contributed by atoms with van der Waals surface area (Å²) in [5, 5.41) is 5.68. The molecule has 5 nitrogen and oxygen atoms in total. The van der Waals surface area contributed by atoms with Crippen LogP contribution < -0.4 is 16.4 Å². The summed E-state index contributed by atoms with van der Waals surface area (Å²) in [6, 6.07) is 9.41. The third kappa shape index (κ3) is 5.36. The summed E-state index contributed by atoms with van der Waals surface area (Å²) in [5.41, 5.74) is 7.05. The van der Waals surface area contributed by atoms with Crippen molar-refractivity contribution in [2.24, 2.45) is 11.7 Å². The van der Waals surface area contributed by atoms with Crippen molar-refractivity contribution in [1.29, 1.82) is 0 Å². The zero-order chi connectivity index (χ0) is 16.7. The molecule has 126 valence electrons. The lowest BCUT2D eigenvalue weighted by atomic mass is 9.94. The molecule has 2 atom stereocenters. The van der Waals surface area contributed by atoms with Crippen LogP contribution in [-0.4, -0.2) is 24.4 Å². The van der Waals surface area contributed by atoms with E-state index in [0.29, 0.717) is 0 Å². The maximum atomic E-state index is 12.2. The Hall–Kier alpha value is -1.88. The fourth-order valence-electron chi connectivity index (χ4n) is 2.98. The Morgan fingerprint density at radius 1 is 1.17 bits per heavy atom. The zero-order valence-electron chi connectivity index (χ0n) is 13.8. The van der Waals surface area contributed by atoms with E-state index in [1.54, 1.807) is 6.92 Å². The average Bonchev–Trinajstić information content (AvgIpc) is 2.60. The van der Waals surface area contributed by atoms with Gasteiger partial charge in [0.1, 0.15) is 0 Å². The lowest BCUT2D eigenvalue weighted by molar-refractivity contribution is -0.129. The van der Waals surface area contributed by atoms with Gasteiger partial charge in [-0.2, -0.15) is 0 Å². The standard InChI is InChI=1S/C18H27N3O2/c1-13(17(19)14-8-4-2-5-9-14)18(23)20-12-16(22)21-15-10-6-3-7-11-15/h2,4-5,8-9,13,15,17H,3,6-7,10-12,19H2,1H3,(H,20,23)(H,21,22). The molecule has 2 unspecified atom stereocenters. The van der Waals surface area contributed by atoms with Crippen molar-refractivity contribution in [1.82, 2.24) is 10.6 Å². The highest BCUT2D eigenvalue weighted by Gasteiger charge is 2.23. The van der Waals surface area contributed by atoms with E-state index in [9.17, 15) is 9.59 Å². The number of carbonyl (C=O) groups is 2. The average molecular weight is 317 g/mol. The van der Waals surface area contributed by atoms with Gasteiger partial charge in [0.05, 0.1) is 12.5 Å². The van der Waals surface area contributed by atoms with Crippen LogP contribution in [0.25, 0.3) is 0 Å². The van der Waals surface area contributed by atoms with E-state index < -0.39 is 0 Å². The number of nitrogens with one attached hydrogen (secondary N) is 2. The van der Waals surface area contributed by atoms with Gasteiger partial charge in [-0.25, -0.2) is 0 Å². The molecule has 0 spiro atoms. The molecular formula is C18H27N3O2. The van der Waals surface area contributed by atoms with Crippen LogP contribution in [0.3, 0.4) is 0 Å². The molecule has 0 aromatic heterocycles. The first-order chi connectivity index (χ1) is 11.1. The maximum Gasteiger partial charge on any atom is 0.239 e. The minimum atomic E-state index is -0.389. The van der Waals surface area contributed by atoms with E-state index in [4.69, 9.17) is 5.73 Å². The summed E-state index contributed by atoms with van der Waals surface area (Å²) >= 11 is 0. The number of amides is 2. The van der Waals surface area contributed by atoms with Gasteiger partial charge < -0.3 is 16.4 Å². The van der Waals surface area contributed by atoms with Crippen molar-refractivity contribution in [3.05, 3.63) is 35.9 Å². The topological polar surface area (TPSA) is 84.2 Å². The van der Waals surface area contributed by atoms with Crippen LogP contribution in [-0.2, 0) is 9.59 Å². The summed E-state index contributed by atoms with van der Waals surface area (Å²) in [6.45, 7) is 1.80. The van der Waals surface area contributed by atoms with Gasteiger partial charge in [0, 0.05) is 12.1 Å². The van der Waals surface area contributed by atoms with E-state index in [1.165, 1.54) is 19.3 Å². The number of hydrogen-bond acceptors (Lipinski definition) is 3. The van der Waals surface area contributed by atoms with Crippen molar-refractivity contribution in [3.63, 3.8) is 0 Å². The van der Waals surface area contributed by atoms with Crippen LogP contribution in [0.2, 0.25) is 0 Å². The van der Waals surface area contributed by atoms with Gasteiger partial charge in [-0.3, -0.25) is 9.59 Å². The van der Waals surface area contributed by atoms with Gasteiger partial charge in [0.25, 0.3) is 0 Å². The van der Waals surface area contributed by atoms with Crippen LogP contribution in [0, 0.1) is 5.92 Å². The molecule has 1 fully saturated rings. The van der Waals surface area contributed by atoms with Crippen LogP contribution in [0.1, 0.15) is 50.6 Å². The minimum absolute atomic E-state index is 0.0151. The molecule has 0 radical (unpaired) electrons. The number of benzene rings is 1. The van der Waals surface area contributed by atoms with Crippen molar-refractivity contribution >= 4 is 11.8 Å². The molecule has 0 heterocycles. The molecule has 0 aliphatic heterocycles. The molecule has 4 N–H and O–H groups in total. The Morgan fingerprint density at radius 3 is 2.48 bits per heavy atom. The summed E-state index contributed by atoms with van der Waals surface area (Å²) in [4.78, 5) is 24.1. The fourth-order valence-corrected chi connectivity index (χ4v) is 2.98. The molecule has 2 amide bonds. The first kappa shape index (κ1) is 17.5. The largest absolute Gasteiger partial charge is 0.352 e. The highest BCUT2D eigenvalue weighted by molar-refractivity contribution is 5.86. The normalized spacial score (nSPS) is 18.0. The third-order valence-electron chi connectivity index (χ3n) is 4.53. The predicted molar refractivity (Wildman–Crippen MR) is 90.6 cm³/mol. The van der Waals surface area contributed by atoms with Gasteiger partial charge >= 0.3 is 0 Å². The van der Waals surface area contributed by atoms with Crippen LogP contribution in [0.4, 0.5) is 0 Å². The molecule has 0 saturated heterocycles. The van der Waals surface area contributed by atoms with Crippen molar-refractivity contribution < 1.29 is 9.59 Å². The summed E-state index contributed by atoms with van der Waals surface area (Å²) in [6.07, 6.45) is 5.66. The second kappa shape index (κ2) is 8.67. The van der Waals surface area contributed by atoms with E-state index in [1.807, 2.05) is 30.3 Å². The Labute approximate surface area is 138 Å². The lowest BCUT2D eigenvalue weighted by Crippen LogP contribution is -2.44. The number of rotatable bonds is 6. The zero-order valence-corrected chi connectivity index (χ0v) is 13.8. The number of hydrogen-bond donors (Lipinski definition) is 3. The molecule has 1 aliphatic rings. The molecule has 1 aromatic rings. The summed E-state index contributed by atoms with van der Waals surface area (Å²) in [7, 11) is 0. The van der Waals surface area contributed by atoms with Gasteiger partial charge in [0.15, 0.2) is 0 Å². The molecule has 23 heavy (non-hydrogen) atoms.